The zero-order valence-electron chi connectivity index (χ0n) is 15.3. The Kier molecular flexibility index (Phi) is 5.15. The number of imidazole rings is 1. The summed E-state index contributed by atoms with van der Waals surface area (Å²) in [4.78, 5) is 11.5. The minimum atomic E-state index is -4.74. The van der Waals surface area contributed by atoms with Crippen LogP contribution in [0, 0.1) is 11.3 Å². The van der Waals surface area contributed by atoms with Crippen LogP contribution in [0.25, 0.3) is 22.9 Å². The van der Waals surface area contributed by atoms with Gasteiger partial charge in [0.1, 0.15) is 17.5 Å². The number of hydrogen-bond acceptors (Lipinski definition) is 6. The summed E-state index contributed by atoms with van der Waals surface area (Å²) in [7, 11) is -2.46. The fraction of sp³-hybridized carbons (Fsp3) is 0.222. The van der Waals surface area contributed by atoms with E-state index in [1.165, 1.54) is 23.8 Å². The van der Waals surface area contributed by atoms with Crippen molar-refractivity contribution < 1.29 is 21.6 Å². The van der Waals surface area contributed by atoms with Crippen LogP contribution in [-0.4, -0.2) is 33.7 Å². The number of sulfone groups is 1. The van der Waals surface area contributed by atoms with E-state index < -0.39 is 32.2 Å². The number of rotatable bonds is 4. The smallest absolute Gasteiger partial charge is 0.325 e. The molecular formula is C18H14F3N5O2S. The van der Waals surface area contributed by atoms with E-state index in [2.05, 4.69) is 15.0 Å². The summed E-state index contributed by atoms with van der Waals surface area (Å²) in [5.41, 5.74) is -0.334. The average Bonchev–Trinajstić information content (AvgIpc) is 3.08. The lowest BCUT2D eigenvalue weighted by Gasteiger charge is -2.13. The molecule has 11 heteroatoms. The van der Waals surface area contributed by atoms with Crippen molar-refractivity contribution >= 4 is 9.84 Å². The summed E-state index contributed by atoms with van der Waals surface area (Å²) in [6.07, 6.45) is -2.77. The van der Waals surface area contributed by atoms with Crippen LogP contribution in [0.2, 0.25) is 0 Å². The molecule has 0 fully saturated rings. The SMILES string of the molecule is CCS(=O)(=O)c1cc(C(F)(F)F)cnc1-c1ncc(-c2cccc(C#N)n2)n1C. The van der Waals surface area contributed by atoms with Crippen molar-refractivity contribution in [1.82, 2.24) is 19.5 Å². The number of aromatic nitrogens is 4. The highest BCUT2D eigenvalue weighted by atomic mass is 32.2. The third-order valence-electron chi connectivity index (χ3n) is 4.22. The van der Waals surface area contributed by atoms with Crippen molar-refractivity contribution in [3.63, 3.8) is 0 Å². The molecule has 3 rings (SSSR count). The Labute approximate surface area is 164 Å². The topological polar surface area (TPSA) is 102 Å². The van der Waals surface area contributed by atoms with Crippen LogP contribution in [0.3, 0.4) is 0 Å². The number of alkyl halides is 3. The second-order valence-corrected chi connectivity index (χ2v) is 8.26. The highest BCUT2D eigenvalue weighted by Gasteiger charge is 2.34. The molecule has 29 heavy (non-hydrogen) atoms. The Hall–Kier alpha value is -3.26. The minimum Gasteiger partial charge on any atom is -0.325 e. The van der Waals surface area contributed by atoms with Gasteiger partial charge in [-0.3, -0.25) is 4.98 Å². The first-order chi connectivity index (χ1) is 13.6. The predicted octanol–water partition coefficient (Wildman–Crippen LogP) is 3.23. The molecule has 0 aliphatic carbocycles. The van der Waals surface area contributed by atoms with Crippen molar-refractivity contribution in [2.24, 2.45) is 7.05 Å². The van der Waals surface area contributed by atoms with Crippen molar-refractivity contribution in [3.8, 4) is 29.0 Å². The summed E-state index contributed by atoms with van der Waals surface area (Å²) in [6, 6.07) is 7.26. The fourth-order valence-electron chi connectivity index (χ4n) is 2.67. The Morgan fingerprint density at radius 2 is 1.93 bits per heavy atom. The standard InChI is InChI=1S/C18H14F3N5O2S/c1-3-29(27,28)15-7-11(18(19,20)21)9-23-16(15)17-24-10-14(26(17)2)13-6-4-5-12(8-22)25-13/h4-7,9-10H,3H2,1-2H3. The van der Waals surface area contributed by atoms with E-state index in [4.69, 9.17) is 5.26 Å². The second kappa shape index (κ2) is 7.29. The van der Waals surface area contributed by atoms with Gasteiger partial charge in [0.2, 0.25) is 0 Å². The summed E-state index contributed by atoms with van der Waals surface area (Å²) < 4.78 is 65.6. The molecular weight excluding hydrogens is 407 g/mol. The normalized spacial score (nSPS) is 12.0. The van der Waals surface area contributed by atoms with E-state index in [0.29, 0.717) is 23.7 Å². The lowest BCUT2D eigenvalue weighted by atomic mass is 10.2. The monoisotopic (exact) mass is 421 g/mol. The van der Waals surface area contributed by atoms with Crippen LogP contribution in [0.1, 0.15) is 18.2 Å². The Balaban J connectivity index is 2.22. The quantitative estimate of drug-likeness (QED) is 0.641. The van der Waals surface area contributed by atoms with E-state index in [9.17, 15) is 21.6 Å². The number of pyridine rings is 2. The third kappa shape index (κ3) is 3.84. The molecule has 0 saturated heterocycles. The molecule has 0 N–H and O–H groups in total. The maximum absolute atomic E-state index is 13.1. The molecule has 0 bridgehead atoms. The maximum atomic E-state index is 13.1. The molecule has 0 radical (unpaired) electrons. The molecule has 0 aliphatic rings. The van der Waals surface area contributed by atoms with Gasteiger partial charge >= 0.3 is 6.18 Å². The van der Waals surface area contributed by atoms with E-state index >= 15 is 0 Å². The van der Waals surface area contributed by atoms with E-state index in [-0.39, 0.29) is 17.2 Å². The Morgan fingerprint density at radius 1 is 1.21 bits per heavy atom. The minimum absolute atomic E-state index is 0.0601. The van der Waals surface area contributed by atoms with Crippen molar-refractivity contribution in [2.45, 2.75) is 18.0 Å². The van der Waals surface area contributed by atoms with E-state index in [1.807, 2.05) is 6.07 Å². The van der Waals surface area contributed by atoms with Crippen LogP contribution in [0.5, 0.6) is 0 Å². The first-order valence-corrected chi connectivity index (χ1v) is 9.93. The Morgan fingerprint density at radius 3 is 2.55 bits per heavy atom. The maximum Gasteiger partial charge on any atom is 0.417 e. The van der Waals surface area contributed by atoms with Crippen LogP contribution in [0.4, 0.5) is 13.2 Å². The number of hydrogen-bond donors (Lipinski definition) is 0. The van der Waals surface area contributed by atoms with Gasteiger partial charge < -0.3 is 4.57 Å². The molecule has 0 spiro atoms. The Bertz CT molecular complexity index is 1230. The van der Waals surface area contributed by atoms with Gasteiger partial charge in [-0.15, -0.1) is 0 Å². The molecule has 150 valence electrons. The number of halogens is 3. The molecule has 3 aromatic heterocycles. The second-order valence-electron chi connectivity index (χ2n) is 6.02. The van der Waals surface area contributed by atoms with E-state index in [0.717, 1.165) is 0 Å². The zero-order chi connectivity index (χ0) is 21.4. The van der Waals surface area contributed by atoms with Gasteiger partial charge in [-0.05, 0) is 18.2 Å². The number of nitriles is 1. The first kappa shape index (κ1) is 20.5. The third-order valence-corrected chi connectivity index (χ3v) is 5.96. The molecule has 0 atom stereocenters. The van der Waals surface area contributed by atoms with Crippen molar-refractivity contribution in [3.05, 3.63) is 47.9 Å². The van der Waals surface area contributed by atoms with Crippen molar-refractivity contribution in [2.75, 3.05) is 5.75 Å². The highest BCUT2D eigenvalue weighted by molar-refractivity contribution is 7.91. The van der Waals surface area contributed by atoms with Crippen LogP contribution in [-0.2, 0) is 23.1 Å². The van der Waals surface area contributed by atoms with Gasteiger partial charge in [0.05, 0.1) is 33.8 Å². The van der Waals surface area contributed by atoms with Gasteiger partial charge in [0.25, 0.3) is 0 Å². The molecule has 0 aliphatic heterocycles. The molecule has 0 aromatic carbocycles. The van der Waals surface area contributed by atoms with Crippen LogP contribution < -0.4 is 0 Å². The summed E-state index contributed by atoms with van der Waals surface area (Å²) in [5.74, 6) is -0.337. The summed E-state index contributed by atoms with van der Waals surface area (Å²) in [6.45, 7) is 1.33. The molecule has 3 heterocycles. The number of nitrogens with zero attached hydrogens (tertiary/aromatic N) is 5. The molecule has 0 amide bonds. The lowest BCUT2D eigenvalue weighted by Crippen LogP contribution is -2.13. The summed E-state index contributed by atoms with van der Waals surface area (Å²) >= 11 is 0. The van der Waals surface area contributed by atoms with Gasteiger partial charge in [0, 0.05) is 13.2 Å². The molecule has 0 saturated carbocycles. The van der Waals surface area contributed by atoms with Crippen LogP contribution >= 0.6 is 0 Å². The molecule has 7 nitrogen and oxygen atoms in total. The van der Waals surface area contributed by atoms with Gasteiger partial charge in [-0.25, -0.2) is 18.4 Å². The summed E-state index contributed by atoms with van der Waals surface area (Å²) in [5, 5.41) is 9.00. The molecule has 0 unspecified atom stereocenters. The zero-order valence-corrected chi connectivity index (χ0v) is 16.1. The fourth-order valence-corrected chi connectivity index (χ4v) is 3.72. The lowest BCUT2D eigenvalue weighted by molar-refractivity contribution is -0.138. The van der Waals surface area contributed by atoms with E-state index in [1.54, 1.807) is 19.2 Å². The van der Waals surface area contributed by atoms with Crippen LogP contribution in [0.15, 0.2) is 41.6 Å². The predicted molar refractivity (Wildman–Crippen MR) is 97.1 cm³/mol. The average molecular weight is 421 g/mol. The highest BCUT2D eigenvalue weighted by Crippen LogP contribution is 2.34. The van der Waals surface area contributed by atoms with Gasteiger partial charge in [-0.1, -0.05) is 13.0 Å². The molecule has 3 aromatic rings. The van der Waals surface area contributed by atoms with Gasteiger partial charge in [0.15, 0.2) is 15.7 Å². The largest absolute Gasteiger partial charge is 0.417 e. The first-order valence-electron chi connectivity index (χ1n) is 8.28. The van der Waals surface area contributed by atoms with Crippen molar-refractivity contribution in [1.29, 1.82) is 5.26 Å². The van der Waals surface area contributed by atoms with Gasteiger partial charge in [-0.2, -0.15) is 18.4 Å².